The Labute approximate surface area is 141 Å². The van der Waals surface area contributed by atoms with Crippen LogP contribution in [-0.2, 0) is 25.6 Å². The third kappa shape index (κ3) is 5.17. The third-order valence-electron chi connectivity index (χ3n) is 4.03. The van der Waals surface area contributed by atoms with Crippen molar-refractivity contribution in [3.63, 3.8) is 0 Å². The lowest BCUT2D eigenvalue weighted by Crippen LogP contribution is -2.45. The molecule has 2 atom stereocenters. The molecular formula is C16H28N2O4S. The summed E-state index contributed by atoms with van der Waals surface area (Å²) in [5, 5.41) is 0. The summed E-state index contributed by atoms with van der Waals surface area (Å²) < 4.78 is 26.9. The normalized spacial score (nSPS) is 27.6. The van der Waals surface area contributed by atoms with E-state index in [1.807, 2.05) is 45.7 Å². The first-order valence-electron chi connectivity index (χ1n) is 8.15. The molecule has 7 heteroatoms. The summed E-state index contributed by atoms with van der Waals surface area (Å²) in [6.07, 6.45) is 2.99. The fourth-order valence-electron chi connectivity index (χ4n) is 2.58. The van der Waals surface area contributed by atoms with Gasteiger partial charge in [0.2, 0.25) is 0 Å². The quantitative estimate of drug-likeness (QED) is 0.579. The number of carbonyl (C=O) groups is 1. The van der Waals surface area contributed by atoms with Gasteiger partial charge in [0, 0.05) is 19.0 Å². The van der Waals surface area contributed by atoms with Crippen LogP contribution in [0.5, 0.6) is 0 Å². The first-order valence-corrected chi connectivity index (χ1v) is 9.26. The molecule has 2 aliphatic heterocycles. The summed E-state index contributed by atoms with van der Waals surface area (Å²) in [5.74, 6) is -0.394. The van der Waals surface area contributed by atoms with Crippen LogP contribution >= 0.6 is 0 Å². The van der Waals surface area contributed by atoms with Crippen LogP contribution in [0.4, 0.5) is 0 Å². The molecule has 0 aromatic carbocycles. The summed E-state index contributed by atoms with van der Waals surface area (Å²) in [4.78, 5) is 14.3. The topological polar surface area (TPSA) is 74.2 Å². The van der Waals surface area contributed by atoms with Crippen LogP contribution in [0.25, 0.3) is 0 Å². The van der Waals surface area contributed by atoms with Crippen LogP contribution in [0.1, 0.15) is 47.5 Å². The van der Waals surface area contributed by atoms with E-state index >= 15 is 0 Å². The molecule has 0 bridgehead atoms. The summed E-state index contributed by atoms with van der Waals surface area (Å²) in [5.41, 5.74) is 0. The average Bonchev–Trinajstić information content (AvgIpc) is 2.83. The van der Waals surface area contributed by atoms with Gasteiger partial charge in [0.25, 0.3) is 5.91 Å². The fraction of sp³-hybridized carbons (Fsp3) is 0.875. The molecule has 2 saturated heterocycles. The number of ether oxygens (including phenoxy) is 2. The molecule has 0 N–H and O–H groups in total. The van der Waals surface area contributed by atoms with Crippen molar-refractivity contribution in [2.24, 2.45) is 10.3 Å². The molecule has 2 rings (SSSR count). The molecule has 0 saturated carbocycles. The summed E-state index contributed by atoms with van der Waals surface area (Å²) in [6, 6.07) is 0. The van der Waals surface area contributed by atoms with E-state index in [0.717, 1.165) is 12.8 Å². The largest absolute Gasteiger partial charge is 0.591 e. The van der Waals surface area contributed by atoms with Crippen molar-refractivity contribution in [2.45, 2.75) is 64.1 Å². The van der Waals surface area contributed by atoms with Crippen molar-refractivity contribution in [1.82, 2.24) is 4.90 Å². The van der Waals surface area contributed by atoms with Gasteiger partial charge in [0.1, 0.15) is 16.1 Å². The predicted molar refractivity (Wildman–Crippen MR) is 90.6 cm³/mol. The van der Waals surface area contributed by atoms with Crippen molar-refractivity contribution in [3.8, 4) is 0 Å². The van der Waals surface area contributed by atoms with Gasteiger partial charge in [0.15, 0.2) is 11.9 Å². The Bertz CT molecular complexity index is 453. The SMILES string of the molecule is CC1(C)OC[C@H](C(=O)N2CCC(C=N[S@@+]([O-])C(C)(C)C)CC2)O1. The number of piperidine rings is 1. The van der Waals surface area contributed by atoms with E-state index in [2.05, 4.69) is 4.40 Å². The molecule has 2 fully saturated rings. The van der Waals surface area contributed by atoms with Crippen LogP contribution in [0.15, 0.2) is 4.40 Å². The maximum Gasteiger partial charge on any atom is 0.254 e. The van der Waals surface area contributed by atoms with Crippen molar-refractivity contribution < 1.29 is 18.8 Å². The zero-order chi connectivity index (χ0) is 17.3. The minimum absolute atomic E-state index is 0.00392. The van der Waals surface area contributed by atoms with Gasteiger partial charge in [-0.25, -0.2) is 0 Å². The van der Waals surface area contributed by atoms with Crippen molar-refractivity contribution in [1.29, 1.82) is 0 Å². The Balaban J connectivity index is 1.80. The molecule has 2 aliphatic rings. The molecule has 23 heavy (non-hydrogen) atoms. The molecule has 1 amide bonds. The number of nitrogens with zero attached hydrogens (tertiary/aromatic N) is 2. The van der Waals surface area contributed by atoms with Gasteiger partial charge in [-0.2, -0.15) is 0 Å². The smallest absolute Gasteiger partial charge is 0.254 e. The van der Waals surface area contributed by atoms with Gasteiger partial charge in [0.05, 0.1) is 12.8 Å². The Morgan fingerprint density at radius 2 is 1.96 bits per heavy atom. The number of hydrogen-bond acceptors (Lipinski definition) is 5. The number of likely N-dealkylation sites (tertiary alicyclic amines) is 1. The fourth-order valence-corrected chi connectivity index (χ4v) is 3.18. The molecule has 0 unspecified atom stereocenters. The van der Waals surface area contributed by atoms with Crippen LogP contribution in [-0.4, -0.2) is 57.9 Å². The average molecular weight is 344 g/mol. The van der Waals surface area contributed by atoms with Crippen molar-refractivity contribution in [2.75, 3.05) is 19.7 Å². The van der Waals surface area contributed by atoms with Crippen molar-refractivity contribution >= 4 is 23.5 Å². The lowest BCUT2D eigenvalue weighted by Gasteiger charge is -2.32. The summed E-state index contributed by atoms with van der Waals surface area (Å²) >= 11 is -1.21. The Kier molecular flexibility index (Phi) is 5.76. The highest BCUT2D eigenvalue weighted by atomic mass is 32.2. The monoisotopic (exact) mass is 344 g/mol. The zero-order valence-corrected chi connectivity index (χ0v) is 15.5. The van der Waals surface area contributed by atoms with E-state index in [0.29, 0.717) is 19.7 Å². The standard InChI is InChI=1S/C16H28N2O4S/c1-15(2,3)23(20)17-10-12-6-8-18(9-7-12)14(19)13-11-21-16(4,5)22-13/h10,12-13H,6-9,11H2,1-5H3/t13-,23+/m1/s1. The van der Waals surface area contributed by atoms with E-state index in [1.54, 1.807) is 0 Å². The van der Waals surface area contributed by atoms with Crippen LogP contribution in [0, 0.1) is 5.92 Å². The molecule has 0 aromatic rings. The number of rotatable bonds is 3. The van der Waals surface area contributed by atoms with Gasteiger partial charge in [-0.3, -0.25) is 4.79 Å². The summed E-state index contributed by atoms with van der Waals surface area (Å²) in [7, 11) is 0. The molecule has 132 valence electrons. The molecule has 6 nitrogen and oxygen atoms in total. The van der Waals surface area contributed by atoms with Gasteiger partial charge < -0.3 is 18.9 Å². The van der Waals surface area contributed by atoms with Gasteiger partial charge >= 0.3 is 0 Å². The van der Waals surface area contributed by atoms with Crippen LogP contribution in [0.2, 0.25) is 0 Å². The lowest BCUT2D eigenvalue weighted by atomic mass is 9.98. The van der Waals surface area contributed by atoms with E-state index < -0.39 is 23.3 Å². The van der Waals surface area contributed by atoms with E-state index in [9.17, 15) is 9.35 Å². The first-order chi connectivity index (χ1) is 10.6. The molecule has 2 heterocycles. The zero-order valence-electron chi connectivity index (χ0n) is 14.7. The number of hydrogen-bond donors (Lipinski definition) is 0. The second-order valence-electron chi connectivity index (χ2n) is 7.60. The van der Waals surface area contributed by atoms with E-state index in [1.165, 1.54) is 0 Å². The minimum Gasteiger partial charge on any atom is -0.591 e. The lowest BCUT2D eigenvalue weighted by molar-refractivity contribution is -0.160. The molecule has 0 spiro atoms. The maximum absolute atomic E-state index is 12.4. The number of amides is 1. The number of carbonyl (C=O) groups excluding carboxylic acids is 1. The highest BCUT2D eigenvalue weighted by Crippen LogP contribution is 2.25. The molecule has 0 radical (unpaired) electrons. The summed E-state index contributed by atoms with van der Waals surface area (Å²) in [6.45, 7) is 11.0. The highest BCUT2D eigenvalue weighted by molar-refractivity contribution is 7.91. The Morgan fingerprint density at radius 3 is 2.43 bits per heavy atom. The second-order valence-corrected chi connectivity index (χ2v) is 9.53. The highest BCUT2D eigenvalue weighted by Gasteiger charge is 2.39. The minimum atomic E-state index is -1.21. The second kappa shape index (κ2) is 7.09. The predicted octanol–water partition coefficient (Wildman–Crippen LogP) is 1.91. The molecular weight excluding hydrogens is 316 g/mol. The molecule has 0 aromatic heterocycles. The van der Waals surface area contributed by atoms with Gasteiger partial charge in [-0.05, 0) is 47.5 Å². The first kappa shape index (κ1) is 18.7. The Morgan fingerprint density at radius 1 is 1.35 bits per heavy atom. The van der Waals surface area contributed by atoms with Crippen LogP contribution in [0.3, 0.4) is 0 Å². The Hall–Kier alpha value is -0.630. The van der Waals surface area contributed by atoms with Gasteiger partial charge in [-0.1, -0.05) is 4.40 Å². The third-order valence-corrected chi connectivity index (χ3v) is 5.39. The molecule has 0 aliphatic carbocycles. The van der Waals surface area contributed by atoms with E-state index in [-0.39, 0.29) is 16.6 Å². The van der Waals surface area contributed by atoms with Crippen LogP contribution < -0.4 is 0 Å². The maximum atomic E-state index is 12.4. The van der Waals surface area contributed by atoms with Crippen molar-refractivity contribution in [3.05, 3.63) is 0 Å². The van der Waals surface area contributed by atoms with Gasteiger partial charge in [-0.15, -0.1) is 0 Å². The van der Waals surface area contributed by atoms with E-state index in [4.69, 9.17) is 9.47 Å².